The largest absolute Gasteiger partial charge is 0.493 e. The van der Waals surface area contributed by atoms with E-state index in [4.69, 9.17) is 9.47 Å². The lowest BCUT2D eigenvalue weighted by Crippen LogP contribution is -2.43. The molecule has 0 fully saturated rings. The Morgan fingerprint density at radius 3 is 2.37 bits per heavy atom. The molecule has 0 aliphatic rings. The molecule has 0 bridgehead atoms. The maximum atomic E-state index is 12.0. The molecular formula is C21H27BrN2O3. The van der Waals surface area contributed by atoms with Crippen molar-refractivity contribution in [3.8, 4) is 11.5 Å². The number of anilines is 1. The SMILES string of the molecule is COc1cc(CNc2ccc(C)cc2)c(Br)cc1OCC(=O)NC(C)(C)C. The lowest BCUT2D eigenvalue weighted by Gasteiger charge is -2.21. The fourth-order valence-corrected chi connectivity index (χ4v) is 2.91. The molecule has 0 aliphatic carbocycles. The number of halogens is 1. The predicted molar refractivity (Wildman–Crippen MR) is 113 cm³/mol. The van der Waals surface area contributed by atoms with Crippen LogP contribution in [0.2, 0.25) is 0 Å². The van der Waals surface area contributed by atoms with E-state index in [9.17, 15) is 4.79 Å². The number of hydrogen-bond donors (Lipinski definition) is 2. The Bertz CT molecular complexity index is 783. The van der Waals surface area contributed by atoms with E-state index in [0.29, 0.717) is 18.0 Å². The number of methoxy groups -OCH3 is 1. The molecule has 0 radical (unpaired) electrons. The fourth-order valence-electron chi connectivity index (χ4n) is 2.45. The zero-order valence-corrected chi connectivity index (χ0v) is 18.1. The Balaban J connectivity index is 2.05. The molecular weight excluding hydrogens is 408 g/mol. The monoisotopic (exact) mass is 434 g/mol. The van der Waals surface area contributed by atoms with E-state index in [1.807, 2.05) is 45.0 Å². The molecule has 1 amide bonds. The molecule has 0 aromatic heterocycles. The zero-order chi connectivity index (χ0) is 20.0. The Hall–Kier alpha value is -2.21. The van der Waals surface area contributed by atoms with Gasteiger partial charge < -0.3 is 20.1 Å². The second-order valence-corrected chi connectivity index (χ2v) is 8.26. The van der Waals surface area contributed by atoms with Crippen LogP contribution in [-0.4, -0.2) is 25.2 Å². The maximum absolute atomic E-state index is 12.0. The molecule has 146 valence electrons. The summed E-state index contributed by atoms with van der Waals surface area (Å²) in [5.41, 5.74) is 3.00. The Morgan fingerprint density at radius 2 is 1.78 bits per heavy atom. The first-order chi connectivity index (χ1) is 12.7. The van der Waals surface area contributed by atoms with Gasteiger partial charge in [0.25, 0.3) is 5.91 Å². The summed E-state index contributed by atoms with van der Waals surface area (Å²) in [6, 6.07) is 12.0. The molecule has 0 aliphatic heterocycles. The van der Waals surface area contributed by atoms with E-state index in [1.165, 1.54) is 5.56 Å². The molecule has 0 saturated carbocycles. The van der Waals surface area contributed by atoms with Gasteiger partial charge in [-0.15, -0.1) is 0 Å². The van der Waals surface area contributed by atoms with Crippen molar-refractivity contribution in [1.29, 1.82) is 0 Å². The first-order valence-corrected chi connectivity index (χ1v) is 9.58. The van der Waals surface area contributed by atoms with E-state index in [2.05, 4.69) is 45.6 Å². The summed E-state index contributed by atoms with van der Waals surface area (Å²) in [7, 11) is 1.59. The quantitative estimate of drug-likeness (QED) is 0.664. The van der Waals surface area contributed by atoms with E-state index >= 15 is 0 Å². The molecule has 27 heavy (non-hydrogen) atoms. The van der Waals surface area contributed by atoms with Crippen molar-refractivity contribution in [3.05, 3.63) is 52.0 Å². The number of hydrogen-bond acceptors (Lipinski definition) is 4. The Kier molecular flexibility index (Phi) is 7.13. The number of rotatable bonds is 7. The fraction of sp³-hybridized carbons (Fsp3) is 0.381. The zero-order valence-electron chi connectivity index (χ0n) is 16.5. The van der Waals surface area contributed by atoms with Gasteiger partial charge in [-0.3, -0.25) is 4.79 Å². The highest BCUT2D eigenvalue weighted by molar-refractivity contribution is 9.10. The maximum Gasteiger partial charge on any atom is 0.258 e. The second-order valence-electron chi connectivity index (χ2n) is 7.40. The normalized spacial score (nSPS) is 11.0. The molecule has 6 heteroatoms. The average Bonchev–Trinajstić information content (AvgIpc) is 2.59. The Morgan fingerprint density at radius 1 is 1.11 bits per heavy atom. The summed E-state index contributed by atoms with van der Waals surface area (Å²) in [5, 5.41) is 6.25. The van der Waals surface area contributed by atoms with Crippen LogP contribution >= 0.6 is 15.9 Å². The van der Waals surface area contributed by atoms with Gasteiger partial charge in [-0.1, -0.05) is 33.6 Å². The second kappa shape index (κ2) is 9.13. The molecule has 0 spiro atoms. The summed E-state index contributed by atoms with van der Waals surface area (Å²) in [6.45, 7) is 8.41. The molecule has 0 saturated heterocycles. The van der Waals surface area contributed by atoms with Gasteiger partial charge in [0.05, 0.1) is 7.11 Å². The highest BCUT2D eigenvalue weighted by atomic mass is 79.9. The van der Waals surface area contributed by atoms with Crippen LogP contribution in [0.1, 0.15) is 31.9 Å². The van der Waals surface area contributed by atoms with Crippen LogP contribution in [0.25, 0.3) is 0 Å². The number of carbonyl (C=O) groups excluding carboxylic acids is 1. The lowest BCUT2D eigenvalue weighted by atomic mass is 10.1. The molecule has 5 nitrogen and oxygen atoms in total. The van der Waals surface area contributed by atoms with Crippen LogP contribution in [0.15, 0.2) is 40.9 Å². The lowest BCUT2D eigenvalue weighted by molar-refractivity contribution is -0.124. The minimum absolute atomic E-state index is 0.0684. The van der Waals surface area contributed by atoms with Crippen molar-refractivity contribution in [1.82, 2.24) is 5.32 Å². The van der Waals surface area contributed by atoms with Gasteiger partial charge in [-0.05, 0) is 57.5 Å². The minimum atomic E-state index is -0.295. The smallest absolute Gasteiger partial charge is 0.258 e. The van der Waals surface area contributed by atoms with Crippen molar-refractivity contribution < 1.29 is 14.3 Å². The van der Waals surface area contributed by atoms with Crippen molar-refractivity contribution in [2.24, 2.45) is 0 Å². The van der Waals surface area contributed by atoms with Crippen LogP contribution in [0.3, 0.4) is 0 Å². The molecule has 0 heterocycles. The summed E-state index contributed by atoms with van der Waals surface area (Å²) < 4.78 is 12.0. The molecule has 2 N–H and O–H groups in total. The van der Waals surface area contributed by atoms with E-state index in [1.54, 1.807) is 7.11 Å². The third-order valence-corrected chi connectivity index (χ3v) is 4.48. The number of aryl methyl sites for hydroxylation is 1. The van der Waals surface area contributed by atoms with Gasteiger partial charge in [0.15, 0.2) is 18.1 Å². The van der Waals surface area contributed by atoms with Crippen LogP contribution in [-0.2, 0) is 11.3 Å². The average molecular weight is 435 g/mol. The number of benzene rings is 2. The van der Waals surface area contributed by atoms with Crippen molar-refractivity contribution in [2.45, 2.75) is 39.8 Å². The van der Waals surface area contributed by atoms with Crippen LogP contribution in [0, 0.1) is 6.92 Å². The summed E-state index contributed by atoms with van der Waals surface area (Å²) in [5.74, 6) is 0.931. The standard InChI is InChI=1S/C21H27BrN2O3/c1-14-6-8-16(9-7-14)23-12-15-10-18(26-5)19(11-17(15)22)27-13-20(25)24-21(2,3)4/h6-11,23H,12-13H2,1-5H3,(H,24,25). The molecule has 2 aromatic rings. The van der Waals surface area contributed by atoms with Gasteiger partial charge >= 0.3 is 0 Å². The van der Waals surface area contributed by atoms with Crippen molar-refractivity contribution in [2.75, 3.05) is 19.0 Å². The highest BCUT2D eigenvalue weighted by Gasteiger charge is 2.16. The third kappa shape index (κ3) is 6.79. The highest BCUT2D eigenvalue weighted by Crippen LogP contribution is 2.34. The van der Waals surface area contributed by atoms with Crippen LogP contribution in [0.5, 0.6) is 11.5 Å². The van der Waals surface area contributed by atoms with E-state index in [-0.39, 0.29) is 18.1 Å². The van der Waals surface area contributed by atoms with Crippen molar-refractivity contribution >= 4 is 27.5 Å². The van der Waals surface area contributed by atoms with Crippen molar-refractivity contribution in [3.63, 3.8) is 0 Å². The molecule has 0 unspecified atom stereocenters. The topological polar surface area (TPSA) is 59.6 Å². The van der Waals surface area contributed by atoms with E-state index in [0.717, 1.165) is 15.7 Å². The predicted octanol–water partition coefficient (Wildman–Crippen LogP) is 4.67. The van der Waals surface area contributed by atoms with Gasteiger partial charge in [0, 0.05) is 22.2 Å². The molecule has 2 rings (SSSR count). The van der Waals surface area contributed by atoms with Gasteiger partial charge in [0.1, 0.15) is 0 Å². The number of ether oxygens (including phenoxy) is 2. The first-order valence-electron chi connectivity index (χ1n) is 8.79. The van der Waals surface area contributed by atoms with Gasteiger partial charge in [-0.25, -0.2) is 0 Å². The van der Waals surface area contributed by atoms with Gasteiger partial charge in [-0.2, -0.15) is 0 Å². The van der Waals surface area contributed by atoms with Crippen LogP contribution in [0.4, 0.5) is 5.69 Å². The molecule has 2 aromatic carbocycles. The van der Waals surface area contributed by atoms with Gasteiger partial charge in [0.2, 0.25) is 0 Å². The Labute approximate surface area is 169 Å². The minimum Gasteiger partial charge on any atom is -0.493 e. The summed E-state index contributed by atoms with van der Waals surface area (Å²) in [4.78, 5) is 12.0. The summed E-state index contributed by atoms with van der Waals surface area (Å²) in [6.07, 6.45) is 0. The van der Waals surface area contributed by atoms with Crippen LogP contribution < -0.4 is 20.1 Å². The molecule has 0 atom stereocenters. The number of amides is 1. The summed E-state index contributed by atoms with van der Waals surface area (Å²) >= 11 is 3.58. The number of carbonyl (C=O) groups is 1. The number of nitrogens with one attached hydrogen (secondary N) is 2. The first kappa shape index (κ1) is 21.1. The van der Waals surface area contributed by atoms with E-state index < -0.39 is 0 Å². The third-order valence-electron chi connectivity index (χ3n) is 3.74.